The van der Waals surface area contributed by atoms with Crippen LogP contribution in [0.3, 0.4) is 0 Å². The van der Waals surface area contributed by atoms with Gasteiger partial charge in [0.25, 0.3) is 0 Å². The van der Waals surface area contributed by atoms with Crippen LogP contribution in [-0.2, 0) is 29.7 Å². The Kier molecular flexibility index (Phi) is 6.64. The van der Waals surface area contributed by atoms with Crippen LogP contribution in [0.25, 0.3) is 11.1 Å². The van der Waals surface area contributed by atoms with Crippen LogP contribution in [0.1, 0.15) is 56.4 Å². The van der Waals surface area contributed by atoms with Crippen molar-refractivity contribution in [2.45, 2.75) is 59.0 Å². The van der Waals surface area contributed by atoms with Gasteiger partial charge < -0.3 is 14.6 Å². The van der Waals surface area contributed by atoms with E-state index in [1.165, 1.54) is 7.11 Å². The Morgan fingerprint density at radius 2 is 1.87 bits per heavy atom. The summed E-state index contributed by atoms with van der Waals surface area (Å²) in [5, 5.41) is 9.63. The summed E-state index contributed by atoms with van der Waals surface area (Å²) in [5.41, 5.74) is 2.02. The molecular formula is C31H32F3NO4. The number of carboxylic acid groups (broad SMARTS) is 1. The van der Waals surface area contributed by atoms with Gasteiger partial charge in [0.15, 0.2) is 11.6 Å². The third kappa shape index (κ3) is 4.64. The molecule has 1 heterocycles. The molecule has 0 amide bonds. The van der Waals surface area contributed by atoms with Crippen LogP contribution in [0.2, 0.25) is 0 Å². The average molecular weight is 540 g/mol. The number of hydrogen-bond donors (Lipinski definition) is 1. The Morgan fingerprint density at radius 3 is 2.51 bits per heavy atom. The molecule has 0 bridgehead atoms. The highest BCUT2D eigenvalue weighted by molar-refractivity contribution is 5.79. The maximum absolute atomic E-state index is 15.8. The molecule has 1 N–H and O–H groups in total. The van der Waals surface area contributed by atoms with E-state index in [1.54, 1.807) is 25.1 Å². The van der Waals surface area contributed by atoms with Crippen molar-refractivity contribution >= 4 is 5.97 Å². The molecule has 1 fully saturated rings. The van der Waals surface area contributed by atoms with E-state index in [-0.39, 0.29) is 34.8 Å². The van der Waals surface area contributed by atoms with Gasteiger partial charge >= 0.3 is 5.97 Å². The third-order valence-electron chi connectivity index (χ3n) is 8.18. The van der Waals surface area contributed by atoms with Gasteiger partial charge in [0.1, 0.15) is 18.2 Å². The van der Waals surface area contributed by atoms with Crippen LogP contribution in [0.5, 0.6) is 11.6 Å². The lowest BCUT2D eigenvalue weighted by atomic mass is 9.84. The summed E-state index contributed by atoms with van der Waals surface area (Å²) in [6, 6.07) is 8.04. The van der Waals surface area contributed by atoms with Crippen LogP contribution in [0, 0.1) is 34.7 Å². The highest BCUT2D eigenvalue weighted by Gasteiger charge is 2.70. The molecule has 1 spiro atoms. The summed E-state index contributed by atoms with van der Waals surface area (Å²) >= 11 is 0. The second-order valence-electron chi connectivity index (χ2n) is 11.9. The van der Waals surface area contributed by atoms with Gasteiger partial charge in [0.2, 0.25) is 5.88 Å². The highest BCUT2D eigenvalue weighted by atomic mass is 19.1. The van der Waals surface area contributed by atoms with Crippen molar-refractivity contribution in [3.05, 3.63) is 76.2 Å². The number of aliphatic carboxylic acids is 1. The second-order valence-corrected chi connectivity index (χ2v) is 11.9. The van der Waals surface area contributed by atoms with Gasteiger partial charge in [-0.15, -0.1) is 0 Å². The quantitative estimate of drug-likeness (QED) is 0.355. The number of methoxy groups -OCH3 is 1. The molecule has 1 saturated carbocycles. The van der Waals surface area contributed by atoms with E-state index in [2.05, 4.69) is 25.8 Å². The van der Waals surface area contributed by atoms with Gasteiger partial charge in [0, 0.05) is 28.7 Å². The summed E-state index contributed by atoms with van der Waals surface area (Å²) in [5.74, 6) is -3.68. The van der Waals surface area contributed by atoms with E-state index < -0.39 is 34.8 Å². The van der Waals surface area contributed by atoms with Crippen molar-refractivity contribution in [2.75, 3.05) is 7.11 Å². The van der Waals surface area contributed by atoms with Gasteiger partial charge in [-0.1, -0.05) is 45.9 Å². The number of aromatic nitrogens is 1. The van der Waals surface area contributed by atoms with Crippen LogP contribution in [0.15, 0.2) is 36.5 Å². The molecule has 8 heteroatoms. The van der Waals surface area contributed by atoms with Gasteiger partial charge in [0.05, 0.1) is 19.2 Å². The zero-order valence-corrected chi connectivity index (χ0v) is 22.7. The summed E-state index contributed by atoms with van der Waals surface area (Å²) in [6.45, 7) is 7.96. The fraction of sp³-hybridized carbons (Fsp3) is 0.419. The van der Waals surface area contributed by atoms with Crippen molar-refractivity contribution in [2.24, 2.45) is 17.3 Å². The van der Waals surface area contributed by atoms with Gasteiger partial charge in [-0.2, -0.15) is 0 Å². The first-order valence-electron chi connectivity index (χ1n) is 13.1. The van der Waals surface area contributed by atoms with Crippen LogP contribution < -0.4 is 9.47 Å². The highest BCUT2D eigenvalue weighted by Crippen LogP contribution is 2.67. The molecule has 2 unspecified atom stereocenters. The van der Waals surface area contributed by atoms with Crippen molar-refractivity contribution < 1.29 is 32.5 Å². The van der Waals surface area contributed by atoms with Crippen molar-refractivity contribution in [3.63, 3.8) is 0 Å². The standard InChI is InChI=1S/C31H32F3NO4/c1-16-26(29(36)37)31(16)9-8-20-22(32)12-24(28(34)27(20)31)39-15-17-6-7-19(18(10-17)13-30(2,3)4)21-11-25(38-5)35-14-23(21)33/h6-7,10-12,14,16,26H,8-9,13,15H2,1-5H3,(H,36,37)/t16-,26?,31?/m0/s1. The van der Waals surface area contributed by atoms with E-state index in [0.717, 1.165) is 17.8 Å². The molecule has 39 heavy (non-hydrogen) atoms. The minimum Gasteiger partial charge on any atom is -0.486 e. The maximum atomic E-state index is 15.8. The van der Waals surface area contributed by atoms with Gasteiger partial charge in [-0.3, -0.25) is 4.79 Å². The molecule has 0 radical (unpaired) electrons. The third-order valence-corrected chi connectivity index (χ3v) is 8.18. The first-order chi connectivity index (χ1) is 18.4. The van der Waals surface area contributed by atoms with E-state index in [9.17, 15) is 14.3 Å². The Labute approximate surface area is 226 Å². The topological polar surface area (TPSA) is 68.7 Å². The molecule has 2 aliphatic carbocycles. The Hall–Kier alpha value is -3.55. The average Bonchev–Trinajstić information content (AvgIpc) is 3.25. The number of rotatable bonds is 7. The van der Waals surface area contributed by atoms with Crippen LogP contribution >= 0.6 is 0 Å². The van der Waals surface area contributed by atoms with Gasteiger partial charge in [-0.05, 0) is 52.8 Å². The molecule has 2 aromatic carbocycles. The number of carbonyl (C=O) groups is 1. The molecule has 0 saturated heterocycles. The largest absolute Gasteiger partial charge is 0.486 e. The second kappa shape index (κ2) is 9.57. The molecule has 1 aromatic heterocycles. The molecular weight excluding hydrogens is 507 g/mol. The number of hydrogen-bond acceptors (Lipinski definition) is 4. The monoisotopic (exact) mass is 539 g/mol. The predicted octanol–water partition coefficient (Wildman–Crippen LogP) is 6.88. The Bertz CT molecular complexity index is 1470. The Morgan fingerprint density at radius 1 is 1.13 bits per heavy atom. The van der Waals surface area contributed by atoms with E-state index >= 15 is 8.78 Å². The van der Waals surface area contributed by atoms with Gasteiger partial charge in [-0.25, -0.2) is 18.2 Å². The lowest BCUT2D eigenvalue weighted by Gasteiger charge is -2.22. The van der Waals surface area contributed by atoms with Crippen molar-refractivity contribution in [1.29, 1.82) is 0 Å². The number of benzene rings is 2. The minimum atomic E-state index is -0.990. The number of ether oxygens (including phenoxy) is 2. The van der Waals surface area contributed by atoms with Crippen LogP contribution in [-0.4, -0.2) is 23.2 Å². The van der Waals surface area contributed by atoms with Crippen molar-refractivity contribution in [1.82, 2.24) is 4.98 Å². The number of carboxylic acids is 1. The molecule has 206 valence electrons. The van der Waals surface area contributed by atoms with E-state index in [4.69, 9.17) is 9.47 Å². The number of halogens is 3. The Balaban J connectivity index is 1.47. The molecule has 5 rings (SSSR count). The summed E-state index contributed by atoms with van der Waals surface area (Å²) in [6.07, 6.45) is 2.46. The number of pyridine rings is 1. The number of fused-ring (bicyclic) bond motifs is 2. The summed E-state index contributed by atoms with van der Waals surface area (Å²) < 4.78 is 56.6. The molecule has 3 atom stereocenters. The maximum Gasteiger partial charge on any atom is 0.307 e. The van der Waals surface area contributed by atoms with Crippen molar-refractivity contribution in [3.8, 4) is 22.8 Å². The zero-order chi connectivity index (χ0) is 28.3. The summed E-state index contributed by atoms with van der Waals surface area (Å²) in [4.78, 5) is 15.7. The molecule has 2 aliphatic rings. The SMILES string of the molecule is COc1cc(-c2ccc(COc3cc(F)c4c(c3F)C3(CC4)C(C(=O)O)[C@@H]3C)cc2CC(C)(C)C)c(F)cn1. The molecule has 5 nitrogen and oxygen atoms in total. The van der Waals surface area contributed by atoms with E-state index in [0.29, 0.717) is 41.8 Å². The molecule has 3 aromatic rings. The normalized spacial score (nSPS) is 21.6. The fourth-order valence-corrected chi connectivity index (χ4v) is 6.38. The number of nitrogens with zero attached hydrogens (tertiary/aromatic N) is 1. The first-order valence-corrected chi connectivity index (χ1v) is 13.1. The molecule has 0 aliphatic heterocycles. The lowest BCUT2D eigenvalue weighted by molar-refractivity contribution is -0.139. The summed E-state index contributed by atoms with van der Waals surface area (Å²) in [7, 11) is 1.47. The van der Waals surface area contributed by atoms with Crippen LogP contribution in [0.4, 0.5) is 13.2 Å². The predicted molar refractivity (Wildman–Crippen MR) is 140 cm³/mol. The van der Waals surface area contributed by atoms with E-state index in [1.807, 2.05) is 6.07 Å². The fourth-order valence-electron chi connectivity index (χ4n) is 6.38. The lowest BCUT2D eigenvalue weighted by Crippen LogP contribution is -2.15. The minimum absolute atomic E-state index is 0.0420. The zero-order valence-electron chi connectivity index (χ0n) is 22.7. The first kappa shape index (κ1) is 27.0. The smallest absolute Gasteiger partial charge is 0.307 e.